The first kappa shape index (κ1) is 19.9. The number of fused-ring (bicyclic) bond motifs is 1. The van der Waals surface area contributed by atoms with E-state index < -0.39 is 30.0 Å². The SMILES string of the molecule is Cc1ccccc1C(O)C1C=CC2C(=O)NC(=O)C2N1Nc1ccc(Cl)cc1Cl. The molecule has 2 aliphatic rings. The Morgan fingerprint density at radius 3 is 2.59 bits per heavy atom. The van der Waals surface area contributed by atoms with E-state index >= 15 is 0 Å². The van der Waals surface area contributed by atoms with Gasteiger partial charge < -0.3 is 10.5 Å². The molecule has 6 nitrogen and oxygen atoms in total. The Labute approximate surface area is 178 Å². The summed E-state index contributed by atoms with van der Waals surface area (Å²) >= 11 is 12.3. The van der Waals surface area contributed by atoms with Crippen LogP contribution in [0, 0.1) is 12.8 Å². The van der Waals surface area contributed by atoms with Gasteiger partial charge in [-0.25, -0.2) is 5.01 Å². The zero-order valence-electron chi connectivity index (χ0n) is 15.5. The molecule has 8 heteroatoms. The van der Waals surface area contributed by atoms with Gasteiger partial charge in [0.05, 0.1) is 22.7 Å². The maximum absolute atomic E-state index is 12.5. The van der Waals surface area contributed by atoms with Crippen molar-refractivity contribution in [2.24, 2.45) is 5.92 Å². The van der Waals surface area contributed by atoms with E-state index in [1.165, 1.54) is 0 Å². The number of aryl methyl sites for hydroxylation is 1. The van der Waals surface area contributed by atoms with Crippen LogP contribution in [-0.2, 0) is 9.59 Å². The summed E-state index contributed by atoms with van der Waals surface area (Å²) in [5, 5.41) is 15.9. The number of anilines is 1. The highest BCUT2D eigenvalue weighted by atomic mass is 35.5. The van der Waals surface area contributed by atoms with Crippen LogP contribution in [0.4, 0.5) is 5.69 Å². The molecule has 150 valence electrons. The summed E-state index contributed by atoms with van der Waals surface area (Å²) in [4.78, 5) is 24.7. The number of nitrogens with one attached hydrogen (secondary N) is 2. The van der Waals surface area contributed by atoms with Crippen molar-refractivity contribution in [2.45, 2.75) is 25.1 Å². The van der Waals surface area contributed by atoms with Crippen molar-refractivity contribution >= 4 is 40.7 Å². The fourth-order valence-electron chi connectivity index (χ4n) is 3.81. The Balaban J connectivity index is 1.75. The highest BCUT2D eigenvalue weighted by Crippen LogP contribution is 2.35. The van der Waals surface area contributed by atoms with Crippen LogP contribution >= 0.6 is 23.2 Å². The fraction of sp³-hybridized carbons (Fsp3) is 0.238. The molecule has 3 N–H and O–H groups in total. The number of nitrogens with zero attached hydrogens (tertiary/aromatic N) is 1. The van der Waals surface area contributed by atoms with Crippen LogP contribution in [0.15, 0.2) is 54.6 Å². The van der Waals surface area contributed by atoms with Crippen molar-refractivity contribution in [1.82, 2.24) is 10.3 Å². The molecule has 0 aromatic heterocycles. The number of amides is 2. The lowest BCUT2D eigenvalue weighted by Crippen LogP contribution is -2.55. The molecule has 2 aromatic carbocycles. The first-order chi connectivity index (χ1) is 13.9. The standard InChI is InChI=1S/C21H19Cl2N3O3/c1-11-4-2-3-5-13(11)19(27)17-9-7-14-18(21(29)24-20(14)28)26(17)25-16-8-6-12(22)10-15(16)23/h2-10,14,17-19,25,27H,1H3,(H,24,28,29). The number of rotatable bonds is 4. The van der Waals surface area contributed by atoms with Gasteiger partial charge in [0.1, 0.15) is 12.1 Å². The molecule has 0 saturated carbocycles. The zero-order valence-corrected chi connectivity index (χ0v) is 17.0. The molecule has 4 atom stereocenters. The van der Waals surface area contributed by atoms with Gasteiger partial charge in [0.2, 0.25) is 11.8 Å². The Bertz CT molecular complexity index is 1010. The number of hydrogen-bond acceptors (Lipinski definition) is 5. The molecule has 0 radical (unpaired) electrons. The minimum absolute atomic E-state index is 0.359. The van der Waals surface area contributed by atoms with Crippen LogP contribution in [0.2, 0.25) is 10.0 Å². The van der Waals surface area contributed by atoms with E-state index in [0.717, 1.165) is 11.1 Å². The van der Waals surface area contributed by atoms with Crippen molar-refractivity contribution in [1.29, 1.82) is 0 Å². The van der Waals surface area contributed by atoms with Gasteiger partial charge >= 0.3 is 0 Å². The lowest BCUT2D eigenvalue weighted by atomic mass is 9.89. The average Bonchev–Trinajstić information content (AvgIpc) is 2.98. The highest BCUT2D eigenvalue weighted by molar-refractivity contribution is 6.36. The van der Waals surface area contributed by atoms with Gasteiger partial charge in [-0.1, -0.05) is 59.6 Å². The molecule has 0 bridgehead atoms. The highest BCUT2D eigenvalue weighted by Gasteiger charge is 2.49. The second kappa shape index (κ2) is 7.80. The number of aliphatic hydroxyl groups is 1. The molecular weight excluding hydrogens is 413 g/mol. The quantitative estimate of drug-likeness (QED) is 0.511. The maximum atomic E-state index is 12.5. The first-order valence-electron chi connectivity index (χ1n) is 9.13. The number of benzene rings is 2. The summed E-state index contributed by atoms with van der Waals surface area (Å²) in [6.07, 6.45) is 2.49. The summed E-state index contributed by atoms with van der Waals surface area (Å²) in [6, 6.07) is 11.0. The molecule has 29 heavy (non-hydrogen) atoms. The van der Waals surface area contributed by atoms with Crippen LogP contribution < -0.4 is 10.7 Å². The van der Waals surface area contributed by atoms with E-state index in [0.29, 0.717) is 15.7 Å². The molecule has 1 saturated heterocycles. The number of carbonyl (C=O) groups excluding carboxylic acids is 2. The van der Waals surface area contributed by atoms with Gasteiger partial charge in [0.25, 0.3) is 0 Å². The van der Waals surface area contributed by atoms with E-state index in [2.05, 4.69) is 10.7 Å². The van der Waals surface area contributed by atoms with Gasteiger partial charge in [-0.2, -0.15) is 0 Å². The summed E-state index contributed by atoms with van der Waals surface area (Å²) < 4.78 is 0. The monoisotopic (exact) mass is 431 g/mol. The second-order valence-electron chi connectivity index (χ2n) is 7.14. The van der Waals surface area contributed by atoms with Crippen LogP contribution in [0.3, 0.4) is 0 Å². The number of carbonyl (C=O) groups is 2. The number of halogens is 2. The van der Waals surface area contributed by atoms with Gasteiger partial charge in [-0.15, -0.1) is 0 Å². The fourth-order valence-corrected chi connectivity index (χ4v) is 4.26. The molecule has 2 aromatic rings. The van der Waals surface area contributed by atoms with Crippen molar-refractivity contribution in [2.75, 3.05) is 5.43 Å². The molecule has 2 heterocycles. The average molecular weight is 432 g/mol. The van der Waals surface area contributed by atoms with E-state index in [4.69, 9.17) is 23.2 Å². The third kappa shape index (κ3) is 3.65. The van der Waals surface area contributed by atoms with E-state index in [9.17, 15) is 14.7 Å². The van der Waals surface area contributed by atoms with E-state index in [1.54, 1.807) is 35.4 Å². The molecule has 0 spiro atoms. The Morgan fingerprint density at radius 1 is 1.10 bits per heavy atom. The van der Waals surface area contributed by atoms with Crippen LogP contribution in [0.25, 0.3) is 0 Å². The minimum atomic E-state index is -0.935. The van der Waals surface area contributed by atoms with E-state index in [-0.39, 0.29) is 5.91 Å². The van der Waals surface area contributed by atoms with Crippen molar-refractivity contribution in [3.8, 4) is 0 Å². The van der Waals surface area contributed by atoms with Crippen LogP contribution in [0.1, 0.15) is 17.2 Å². The van der Waals surface area contributed by atoms with Gasteiger partial charge in [-0.05, 0) is 36.2 Å². The van der Waals surface area contributed by atoms with Gasteiger partial charge in [0.15, 0.2) is 0 Å². The second-order valence-corrected chi connectivity index (χ2v) is 7.99. The van der Waals surface area contributed by atoms with Crippen molar-refractivity contribution in [3.05, 3.63) is 75.8 Å². The molecule has 0 aliphatic carbocycles. The number of hydrogen-bond donors (Lipinski definition) is 3. The number of hydrazine groups is 1. The minimum Gasteiger partial charge on any atom is -0.386 e. The lowest BCUT2D eigenvalue weighted by molar-refractivity contribution is -0.126. The van der Waals surface area contributed by atoms with Gasteiger partial charge in [-0.3, -0.25) is 14.9 Å². The summed E-state index contributed by atoms with van der Waals surface area (Å²) in [6.45, 7) is 1.91. The smallest absolute Gasteiger partial charge is 0.246 e. The van der Waals surface area contributed by atoms with Gasteiger partial charge in [0, 0.05) is 5.02 Å². The summed E-state index contributed by atoms with van der Waals surface area (Å²) in [5.74, 6) is -1.44. The molecule has 1 fully saturated rings. The van der Waals surface area contributed by atoms with E-state index in [1.807, 2.05) is 31.2 Å². The summed E-state index contributed by atoms with van der Waals surface area (Å²) in [5.41, 5.74) is 5.31. The zero-order chi connectivity index (χ0) is 20.7. The lowest BCUT2D eigenvalue weighted by Gasteiger charge is -2.41. The van der Waals surface area contributed by atoms with Crippen molar-refractivity contribution < 1.29 is 14.7 Å². The Kier molecular flexibility index (Phi) is 5.36. The third-order valence-corrected chi connectivity index (χ3v) is 5.85. The molecule has 2 amide bonds. The maximum Gasteiger partial charge on any atom is 0.246 e. The predicted octanol–water partition coefficient (Wildman–Crippen LogP) is 3.24. The number of imide groups is 1. The molecular formula is C21H19Cl2N3O3. The Morgan fingerprint density at radius 2 is 1.86 bits per heavy atom. The third-order valence-electron chi connectivity index (χ3n) is 5.31. The largest absolute Gasteiger partial charge is 0.386 e. The van der Waals surface area contributed by atoms with Crippen molar-refractivity contribution in [3.63, 3.8) is 0 Å². The Hall–Kier alpha value is -2.38. The summed E-state index contributed by atoms with van der Waals surface area (Å²) in [7, 11) is 0. The molecule has 4 unspecified atom stereocenters. The molecule has 2 aliphatic heterocycles. The topological polar surface area (TPSA) is 81.7 Å². The van der Waals surface area contributed by atoms with Crippen LogP contribution in [-0.4, -0.2) is 34.0 Å². The normalized spacial score (nSPS) is 24.9. The number of aliphatic hydroxyl groups excluding tert-OH is 1. The van der Waals surface area contributed by atoms with Crippen LogP contribution in [0.5, 0.6) is 0 Å². The predicted molar refractivity (Wildman–Crippen MR) is 111 cm³/mol. The first-order valence-corrected chi connectivity index (χ1v) is 9.89. The molecule has 4 rings (SSSR count).